The van der Waals surface area contributed by atoms with Crippen LogP contribution in [0.25, 0.3) is 0 Å². The second-order valence-corrected chi connectivity index (χ2v) is 3.31. The van der Waals surface area contributed by atoms with E-state index in [1.807, 2.05) is 0 Å². The Bertz CT molecular complexity index is 467. The summed E-state index contributed by atoms with van der Waals surface area (Å²) in [6, 6.07) is 1.36. The molecule has 16 heavy (non-hydrogen) atoms. The molecule has 0 unspecified atom stereocenters. The van der Waals surface area contributed by atoms with Crippen LogP contribution in [0.5, 0.6) is 5.75 Å². The standard InChI is InChI=1S/C10H11NO5/c1-5-4-7(10(12)13)9(16-3)8(6(5)2)11(14)15/h4H,1-3H3,(H,12,13). The van der Waals surface area contributed by atoms with E-state index in [2.05, 4.69) is 0 Å². The summed E-state index contributed by atoms with van der Waals surface area (Å²) in [6.07, 6.45) is 0. The summed E-state index contributed by atoms with van der Waals surface area (Å²) in [6.45, 7) is 3.18. The lowest BCUT2D eigenvalue weighted by Gasteiger charge is -2.09. The molecule has 1 N–H and O–H groups in total. The Balaban J connectivity index is 3.68. The fourth-order valence-corrected chi connectivity index (χ4v) is 1.46. The van der Waals surface area contributed by atoms with Crippen LogP contribution in [0.1, 0.15) is 21.5 Å². The van der Waals surface area contributed by atoms with Crippen molar-refractivity contribution in [2.45, 2.75) is 13.8 Å². The fourth-order valence-electron chi connectivity index (χ4n) is 1.46. The van der Waals surface area contributed by atoms with Crippen molar-refractivity contribution in [3.05, 3.63) is 32.9 Å². The van der Waals surface area contributed by atoms with Gasteiger partial charge in [-0.05, 0) is 25.5 Å². The van der Waals surface area contributed by atoms with Crippen LogP contribution >= 0.6 is 0 Å². The Labute approximate surface area is 91.6 Å². The molecule has 0 atom stereocenters. The summed E-state index contributed by atoms with van der Waals surface area (Å²) in [5.74, 6) is -1.45. The lowest BCUT2D eigenvalue weighted by Crippen LogP contribution is -2.06. The molecular formula is C10H11NO5. The lowest BCUT2D eigenvalue weighted by atomic mass is 10.0. The zero-order valence-electron chi connectivity index (χ0n) is 9.10. The zero-order chi connectivity index (χ0) is 12.5. The summed E-state index contributed by atoms with van der Waals surface area (Å²) < 4.78 is 4.81. The lowest BCUT2D eigenvalue weighted by molar-refractivity contribution is -0.386. The Morgan fingerprint density at radius 1 is 1.50 bits per heavy atom. The highest BCUT2D eigenvalue weighted by atomic mass is 16.6. The summed E-state index contributed by atoms with van der Waals surface area (Å²) in [4.78, 5) is 21.1. The first kappa shape index (κ1) is 12.0. The number of hydrogen-bond donors (Lipinski definition) is 1. The molecule has 0 heterocycles. The average Bonchev–Trinajstić information content (AvgIpc) is 2.20. The van der Waals surface area contributed by atoms with Gasteiger partial charge in [0.05, 0.1) is 12.0 Å². The molecule has 1 aromatic rings. The number of nitro benzene ring substituents is 1. The predicted molar refractivity (Wildman–Crippen MR) is 56.1 cm³/mol. The minimum atomic E-state index is -1.25. The highest BCUT2D eigenvalue weighted by molar-refractivity contribution is 5.93. The summed E-state index contributed by atoms with van der Waals surface area (Å²) >= 11 is 0. The number of carbonyl (C=O) groups is 1. The number of carboxylic acids is 1. The molecule has 6 nitrogen and oxygen atoms in total. The van der Waals surface area contributed by atoms with Gasteiger partial charge in [0.1, 0.15) is 5.56 Å². The Morgan fingerprint density at radius 2 is 2.06 bits per heavy atom. The van der Waals surface area contributed by atoms with E-state index in [0.29, 0.717) is 11.1 Å². The maximum atomic E-state index is 10.9. The number of hydrogen-bond acceptors (Lipinski definition) is 4. The number of carboxylic acid groups (broad SMARTS) is 1. The van der Waals surface area contributed by atoms with E-state index in [1.165, 1.54) is 13.2 Å². The molecule has 0 fully saturated rings. The molecule has 0 aliphatic carbocycles. The van der Waals surface area contributed by atoms with Crippen molar-refractivity contribution in [3.63, 3.8) is 0 Å². The van der Waals surface area contributed by atoms with E-state index >= 15 is 0 Å². The van der Waals surface area contributed by atoms with Crippen LogP contribution in [0.2, 0.25) is 0 Å². The van der Waals surface area contributed by atoms with E-state index in [-0.39, 0.29) is 17.0 Å². The minimum Gasteiger partial charge on any atom is -0.490 e. The van der Waals surface area contributed by atoms with E-state index in [4.69, 9.17) is 9.84 Å². The molecule has 0 bridgehead atoms. The van der Waals surface area contributed by atoms with Gasteiger partial charge >= 0.3 is 11.7 Å². The number of aryl methyl sites for hydroxylation is 1. The van der Waals surface area contributed by atoms with E-state index in [9.17, 15) is 14.9 Å². The smallest absolute Gasteiger partial charge is 0.339 e. The Kier molecular flexibility index (Phi) is 3.12. The van der Waals surface area contributed by atoms with Gasteiger partial charge < -0.3 is 9.84 Å². The van der Waals surface area contributed by atoms with Gasteiger partial charge in [-0.3, -0.25) is 10.1 Å². The molecule has 86 valence electrons. The van der Waals surface area contributed by atoms with Gasteiger partial charge in [-0.25, -0.2) is 4.79 Å². The summed E-state index contributed by atoms with van der Waals surface area (Å²) in [5.41, 5.74) is 0.467. The summed E-state index contributed by atoms with van der Waals surface area (Å²) in [7, 11) is 1.21. The second-order valence-electron chi connectivity index (χ2n) is 3.31. The number of nitrogens with zero attached hydrogens (tertiary/aromatic N) is 1. The van der Waals surface area contributed by atoms with Crippen molar-refractivity contribution in [2.24, 2.45) is 0 Å². The van der Waals surface area contributed by atoms with Crippen molar-refractivity contribution in [3.8, 4) is 5.75 Å². The van der Waals surface area contributed by atoms with Gasteiger partial charge in [0.15, 0.2) is 0 Å². The summed E-state index contributed by atoms with van der Waals surface area (Å²) in [5, 5.41) is 19.8. The molecule has 1 aromatic carbocycles. The monoisotopic (exact) mass is 225 g/mol. The average molecular weight is 225 g/mol. The molecule has 0 spiro atoms. The first-order valence-corrected chi connectivity index (χ1v) is 4.46. The second kappa shape index (κ2) is 4.18. The van der Waals surface area contributed by atoms with Crippen LogP contribution < -0.4 is 4.74 Å². The molecular weight excluding hydrogens is 214 g/mol. The van der Waals surface area contributed by atoms with Crippen LogP contribution in [0.4, 0.5) is 5.69 Å². The maximum Gasteiger partial charge on any atom is 0.339 e. The first-order valence-electron chi connectivity index (χ1n) is 4.46. The SMILES string of the molecule is COc1c(C(=O)O)cc(C)c(C)c1[N+](=O)[O-]. The quantitative estimate of drug-likeness (QED) is 0.626. The minimum absolute atomic E-state index is 0.197. The normalized spacial score (nSPS) is 9.94. The van der Waals surface area contributed by atoms with Crippen LogP contribution in [0.15, 0.2) is 6.07 Å². The van der Waals surface area contributed by atoms with Crippen LogP contribution in [0.3, 0.4) is 0 Å². The van der Waals surface area contributed by atoms with Gasteiger partial charge in [0.2, 0.25) is 5.75 Å². The third kappa shape index (κ3) is 1.81. The topological polar surface area (TPSA) is 89.7 Å². The van der Waals surface area contributed by atoms with Gasteiger partial charge in [-0.2, -0.15) is 0 Å². The third-order valence-electron chi connectivity index (χ3n) is 2.38. The number of rotatable bonds is 3. The van der Waals surface area contributed by atoms with Gasteiger partial charge in [-0.1, -0.05) is 0 Å². The van der Waals surface area contributed by atoms with Crippen molar-refractivity contribution in [2.75, 3.05) is 7.11 Å². The Morgan fingerprint density at radius 3 is 2.44 bits per heavy atom. The van der Waals surface area contributed by atoms with Gasteiger partial charge in [0.25, 0.3) is 0 Å². The van der Waals surface area contributed by atoms with Crippen molar-refractivity contribution >= 4 is 11.7 Å². The largest absolute Gasteiger partial charge is 0.490 e. The van der Waals surface area contributed by atoms with Crippen LogP contribution in [-0.4, -0.2) is 23.1 Å². The molecule has 0 aromatic heterocycles. The number of benzene rings is 1. The highest BCUT2D eigenvalue weighted by Gasteiger charge is 2.26. The molecule has 0 saturated carbocycles. The fraction of sp³-hybridized carbons (Fsp3) is 0.300. The van der Waals surface area contributed by atoms with Crippen LogP contribution in [0, 0.1) is 24.0 Å². The molecule has 0 aliphatic rings. The van der Waals surface area contributed by atoms with Crippen molar-refractivity contribution in [1.29, 1.82) is 0 Å². The maximum absolute atomic E-state index is 10.9. The van der Waals surface area contributed by atoms with Crippen molar-refractivity contribution < 1.29 is 19.6 Å². The van der Waals surface area contributed by atoms with Gasteiger partial charge in [0, 0.05) is 5.56 Å². The number of methoxy groups -OCH3 is 1. The predicted octanol–water partition coefficient (Wildman–Crippen LogP) is 1.92. The van der Waals surface area contributed by atoms with Crippen molar-refractivity contribution in [1.82, 2.24) is 0 Å². The Hall–Kier alpha value is -2.11. The molecule has 0 amide bonds. The molecule has 1 rings (SSSR count). The van der Waals surface area contributed by atoms with E-state index < -0.39 is 10.9 Å². The third-order valence-corrected chi connectivity index (χ3v) is 2.38. The van der Waals surface area contributed by atoms with E-state index in [1.54, 1.807) is 13.8 Å². The first-order chi connectivity index (χ1) is 7.40. The molecule has 0 aliphatic heterocycles. The van der Waals surface area contributed by atoms with Crippen LogP contribution in [-0.2, 0) is 0 Å². The number of nitro groups is 1. The zero-order valence-corrected chi connectivity index (χ0v) is 9.10. The highest BCUT2D eigenvalue weighted by Crippen LogP contribution is 2.36. The molecule has 0 saturated heterocycles. The molecule has 6 heteroatoms. The molecule has 0 radical (unpaired) electrons. The van der Waals surface area contributed by atoms with E-state index in [0.717, 1.165) is 0 Å². The van der Waals surface area contributed by atoms with Gasteiger partial charge in [-0.15, -0.1) is 0 Å². The number of aromatic carboxylic acids is 1. The number of ether oxygens (including phenoxy) is 1.